The molecule has 2 atom stereocenters. The van der Waals surface area contributed by atoms with E-state index in [1.807, 2.05) is 32.9 Å². The van der Waals surface area contributed by atoms with Crippen LogP contribution in [0.4, 0.5) is 0 Å². The van der Waals surface area contributed by atoms with Crippen LogP contribution in [0.15, 0.2) is 40.2 Å². The number of hydrogen-bond donors (Lipinski definition) is 2. The van der Waals surface area contributed by atoms with E-state index in [-0.39, 0.29) is 0 Å². The normalized spacial score (nSPS) is 29.4. The molecule has 1 aromatic carbocycles. The van der Waals surface area contributed by atoms with E-state index in [9.17, 15) is 0 Å². The third-order valence-corrected chi connectivity index (χ3v) is 4.59. The zero-order valence-electron chi connectivity index (χ0n) is 14.5. The summed E-state index contributed by atoms with van der Waals surface area (Å²) in [5.74, 6) is 2.32. The average Bonchev–Trinajstić information content (AvgIpc) is 3.16. The first-order valence-corrected chi connectivity index (χ1v) is 7.98. The number of fused-ring (bicyclic) bond motifs is 1. The number of hydrogen-bond acceptors (Lipinski definition) is 6. The summed E-state index contributed by atoms with van der Waals surface area (Å²) < 4.78 is 5.88. The lowest BCUT2D eigenvalue weighted by molar-refractivity contribution is 0.0830. The lowest BCUT2D eigenvalue weighted by Crippen LogP contribution is -2.35. The number of rotatable bonds is 2. The zero-order chi connectivity index (χ0) is 17.1. The molecule has 24 heavy (non-hydrogen) atoms. The van der Waals surface area contributed by atoms with Gasteiger partial charge in [-0.2, -0.15) is 0 Å². The van der Waals surface area contributed by atoms with Crippen molar-refractivity contribution in [3.8, 4) is 0 Å². The third kappa shape index (κ3) is 2.22. The van der Waals surface area contributed by atoms with Gasteiger partial charge in [0.05, 0.1) is 5.54 Å². The molecule has 1 aromatic heterocycles. The predicted octanol–water partition coefficient (Wildman–Crippen LogP) is 3.44. The Kier molecular flexibility index (Phi) is 3.07. The second kappa shape index (κ2) is 4.84. The van der Waals surface area contributed by atoms with E-state index in [2.05, 4.69) is 41.9 Å². The monoisotopic (exact) mass is 327 g/mol. The Morgan fingerprint density at radius 3 is 2.12 bits per heavy atom. The standard InChI is InChI=1S/C18H21N3O3/c1-10-8-17(4,20-23-10)13-6-14(18(5)9-11(2)24-21-18)16-15(7-13)19-12(3)22-16/h6-9,20-21H,1-5H3. The van der Waals surface area contributed by atoms with Crippen LogP contribution >= 0.6 is 0 Å². The quantitative estimate of drug-likeness (QED) is 0.880. The van der Waals surface area contributed by atoms with Crippen LogP contribution in [0.5, 0.6) is 0 Å². The van der Waals surface area contributed by atoms with Crippen molar-refractivity contribution in [3.63, 3.8) is 0 Å². The van der Waals surface area contributed by atoms with E-state index < -0.39 is 11.1 Å². The van der Waals surface area contributed by atoms with Crippen LogP contribution in [-0.4, -0.2) is 4.98 Å². The van der Waals surface area contributed by atoms with Crippen LogP contribution in [-0.2, 0) is 20.8 Å². The van der Waals surface area contributed by atoms with Gasteiger partial charge < -0.3 is 14.1 Å². The summed E-state index contributed by atoms with van der Waals surface area (Å²) >= 11 is 0. The van der Waals surface area contributed by atoms with Crippen molar-refractivity contribution in [2.45, 2.75) is 45.7 Å². The molecule has 2 aromatic rings. The van der Waals surface area contributed by atoms with E-state index in [1.165, 1.54) is 0 Å². The number of allylic oxidation sites excluding steroid dienone is 2. The minimum Gasteiger partial charge on any atom is -0.441 e. The molecule has 4 rings (SSSR count). The van der Waals surface area contributed by atoms with Gasteiger partial charge in [-0.05, 0) is 57.5 Å². The smallest absolute Gasteiger partial charge is 0.192 e. The fraction of sp³-hybridized carbons (Fsp3) is 0.389. The topological polar surface area (TPSA) is 68.5 Å². The minimum atomic E-state index is -0.487. The SMILES string of the molecule is CC1=CC(C)(c2cc(C3(C)C=C(C)ON3)c3oc(C)nc3c2)NO1. The first-order chi connectivity index (χ1) is 11.3. The Morgan fingerprint density at radius 2 is 1.54 bits per heavy atom. The van der Waals surface area contributed by atoms with Gasteiger partial charge in [0.1, 0.15) is 22.6 Å². The molecule has 2 unspecified atom stereocenters. The number of aromatic nitrogens is 1. The molecule has 0 bridgehead atoms. The highest BCUT2D eigenvalue weighted by molar-refractivity contribution is 5.79. The fourth-order valence-electron chi connectivity index (χ4n) is 3.41. The first-order valence-electron chi connectivity index (χ1n) is 7.98. The number of nitrogens with zero attached hydrogens (tertiary/aromatic N) is 1. The number of aryl methyl sites for hydroxylation is 1. The highest BCUT2D eigenvalue weighted by atomic mass is 16.7. The van der Waals surface area contributed by atoms with Crippen molar-refractivity contribution in [2.24, 2.45) is 0 Å². The van der Waals surface area contributed by atoms with E-state index in [4.69, 9.17) is 14.1 Å². The van der Waals surface area contributed by atoms with Gasteiger partial charge in [0.15, 0.2) is 11.5 Å². The number of nitrogens with one attached hydrogen (secondary N) is 2. The number of benzene rings is 1. The third-order valence-electron chi connectivity index (χ3n) is 4.59. The summed E-state index contributed by atoms with van der Waals surface area (Å²) in [5, 5.41) is 0. The van der Waals surface area contributed by atoms with E-state index in [0.717, 1.165) is 33.7 Å². The second-order valence-corrected chi connectivity index (χ2v) is 6.93. The van der Waals surface area contributed by atoms with Crippen molar-refractivity contribution in [1.29, 1.82) is 0 Å². The maximum absolute atomic E-state index is 5.88. The van der Waals surface area contributed by atoms with E-state index in [1.54, 1.807) is 0 Å². The van der Waals surface area contributed by atoms with Gasteiger partial charge in [0.2, 0.25) is 0 Å². The largest absolute Gasteiger partial charge is 0.441 e. The van der Waals surface area contributed by atoms with Gasteiger partial charge >= 0.3 is 0 Å². The van der Waals surface area contributed by atoms with Crippen molar-refractivity contribution < 1.29 is 14.1 Å². The predicted molar refractivity (Wildman–Crippen MR) is 89.4 cm³/mol. The molecule has 0 saturated carbocycles. The molecule has 0 saturated heterocycles. The summed E-state index contributed by atoms with van der Waals surface area (Å²) in [7, 11) is 0. The van der Waals surface area contributed by atoms with Crippen LogP contribution in [0.2, 0.25) is 0 Å². The summed E-state index contributed by atoms with van der Waals surface area (Å²) in [6.45, 7) is 9.84. The zero-order valence-corrected chi connectivity index (χ0v) is 14.5. The van der Waals surface area contributed by atoms with Crippen LogP contribution in [0, 0.1) is 6.92 Å². The van der Waals surface area contributed by atoms with Gasteiger partial charge in [-0.3, -0.25) is 0 Å². The van der Waals surface area contributed by atoms with Crippen LogP contribution < -0.4 is 11.0 Å². The molecule has 2 aliphatic rings. The van der Waals surface area contributed by atoms with Gasteiger partial charge in [0.25, 0.3) is 0 Å². The summed E-state index contributed by atoms with van der Waals surface area (Å²) in [5.41, 5.74) is 8.90. The maximum Gasteiger partial charge on any atom is 0.192 e. The maximum atomic E-state index is 5.88. The Bertz CT molecular complexity index is 898. The first kappa shape index (κ1) is 15.2. The molecule has 0 spiro atoms. The second-order valence-electron chi connectivity index (χ2n) is 6.93. The Morgan fingerprint density at radius 1 is 0.917 bits per heavy atom. The Labute approximate surface area is 140 Å². The lowest BCUT2D eigenvalue weighted by Gasteiger charge is -2.26. The van der Waals surface area contributed by atoms with Gasteiger partial charge in [-0.1, -0.05) is 0 Å². The van der Waals surface area contributed by atoms with E-state index >= 15 is 0 Å². The molecular formula is C18H21N3O3. The van der Waals surface area contributed by atoms with E-state index in [0.29, 0.717) is 5.89 Å². The molecule has 0 radical (unpaired) electrons. The van der Waals surface area contributed by atoms with Crippen molar-refractivity contribution in [3.05, 3.63) is 52.8 Å². The Hall–Kier alpha value is -2.31. The molecule has 126 valence electrons. The molecular weight excluding hydrogens is 306 g/mol. The number of oxazole rings is 1. The van der Waals surface area contributed by atoms with Crippen LogP contribution in [0.25, 0.3) is 11.1 Å². The highest BCUT2D eigenvalue weighted by Gasteiger charge is 2.37. The molecule has 2 aliphatic heterocycles. The molecule has 6 nitrogen and oxygen atoms in total. The molecule has 0 amide bonds. The lowest BCUT2D eigenvalue weighted by atomic mass is 9.85. The van der Waals surface area contributed by atoms with Crippen molar-refractivity contribution in [1.82, 2.24) is 15.9 Å². The van der Waals surface area contributed by atoms with Crippen LogP contribution in [0.1, 0.15) is 44.7 Å². The minimum absolute atomic E-state index is 0.422. The summed E-state index contributed by atoms with van der Waals surface area (Å²) in [4.78, 5) is 15.5. The molecule has 3 heterocycles. The fourth-order valence-corrected chi connectivity index (χ4v) is 3.41. The highest BCUT2D eigenvalue weighted by Crippen LogP contribution is 2.39. The average molecular weight is 327 g/mol. The van der Waals surface area contributed by atoms with Crippen LogP contribution in [0.3, 0.4) is 0 Å². The van der Waals surface area contributed by atoms with Gasteiger partial charge in [-0.15, -0.1) is 11.0 Å². The Balaban J connectivity index is 1.96. The van der Waals surface area contributed by atoms with Gasteiger partial charge in [-0.25, -0.2) is 4.98 Å². The molecule has 0 aliphatic carbocycles. The number of hydroxylamine groups is 2. The molecule has 2 N–H and O–H groups in total. The van der Waals surface area contributed by atoms with Crippen molar-refractivity contribution >= 4 is 11.1 Å². The summed E-state index contributed by atoms with van der Waals surface area (Å²) in [6, 6.07) is 4.15. The van der Waals surface area contributed by atoms with Crippen molar-refractivity contribution in [2.75, 3.05) is 0 Å². The summed E-state index contributed by atoms with van der Waals surface area (Å²) in [6.07, 6.45) is 4.11. The van der Waals surface area contributed by atoms with Gasteiger partial charge in [0, 0.05) is 12.5 Å². The molecule has 6 heteroatoms. The molecule has 0 fully saturated rings.